The molecule has 4 nitrogen and oxygen atoms in total. The van der Waals surface area contributed by atoms with E-state index in [1.54, 1.807) is 22.2 Å². The molecule has 0 bridgehead atoms. The summed E-state index contributed by atoms with van der Waals surface area (Å²) in [6, 6.07) is 3.99. The fourth-order valence-corrected chi connectivity index (χ4v) is 1.96. The molecule has 0 aliphatic heterocycles. The smallest absolute Gasteiger partial charge is 0.181 e. The van der Waals surface area contributed by atoms with Crippen LogP contribution in [0.15, 0.2) is 24.5 Å². The van der Waals surface area contributed by atoms with Crippen LogP contribution in [0.3, 0.4) is 0 Å². The maximum absolute atomic E-state index is 5.62. The molecule has 0 aliphatic rings. The molecule has 5 heteroatoms. The third-order valence-corrected chi connectivity index (χ3v) is 2.78. The average Bonchev–Trinajstić information content (AvgIpc) is 2.78. The van der Waals surface area contributed by atoms with Gasteiger partial charge in [0.1, 0.15) is 0 Å². The quantitative estimate of drug-likeness (QED) is 0.862. The van der Waals surface area contributed by atoms with Crippen molar-refractivity contribution in [2.45, 2.75) is 13.5 Å². The zero-order valence-electron chi connectivity index (χ0n) is 8.51. The predicted molar refractivity (Wildman–Crippen MR) is 60.4 cm³/mol. The summed E-state index contributed by atoms with van der Waals surface area (Å²) in [5.74, 6) is 0.755. The van der Waals surface area contributed by atoms with Gasteiger partial charge in [-0.25, -0.2) is 0 Å². The van der Waals surface area contributed by atoms with Gasteiger partial charge in [-0.15, -0.1) is 11.3 Å². The largest absolute Gasteiger partial charge is 0.443 e. The van der Waals surface area contributed by atoms with Gasteiger partial charge in [-0.2, -0.15) is 5.10 Å². The van der Waals surface area contributed by atoms with Crippen LogP contribution in [0.25, 0.3) is 0 Å². The van der Waals surface area contributed by atoms with Crippen molar-refractivity contribution in [3.63, 3.8) is 0 Å². The highest BCUT2D eigenvalue weighted by Gasteiger charge is 2.02. The molecule has 0 amide bonds. The molecular weight excluding hydrogens is 210 g/mol. The molecule has 0 unspecified atom stereocenters. The van der Waals surface area contributed by atoms with Gasteiger partial charge in [0, 0.05) is 11.4 Å². The summed E-state index contributed by atoms with van der Waals surface area (Å²) < 4.78 is 7.39. The van der Waals surface area contributed by atoms with Crippen LogP contribution in [-0.2, 0) is 6.54 Å². The Morgan fingerprint density at radius 1 is 1.53 bits per heavy atom. The summed E-state index contributed by atoms with van der Waals surface area (Å²) in [5, 5.41) is 5.01. The van der Waals surface area contributed by atoms with Gasteiger partial charge in [0.25, 0.3) is 0 Å². The Bertz CT molecular complexity index is 435. The number of thiophene rings is 1. The standard InChI is InChI=1S/C10H13N3OS/c1-8-2-3-10(15-8)14-9-6-12-13(7-9)5-4-11/h2-3,6-7H,4-5,11H2,1H3. The monoisotopic (exact) mass is 223 g/mol. The van der Waals surface area contributed by atoms with Gasteiger partial charge in [0.05, 0.1) is 18.9 Å². The van der Waals surface area contributed by atoms with E-state index in [1.807, 2.05) is 18.3 Å². The zero-order chi connectivity index (χ0) is 10.7. The Labute approximate surface area is 92.3 Å². The minimum absolute atomic E-state index is 0.583. The minimum atomic E-state index is 0.583. The van der Waals surface area contributed by atoms with Gasteiger partial charge >= 0.3 is 0 Å². The van der Waals surface area contributed by atoms with Gasteiger partial charge < -0.3 is 10.5 Å². The molecule has 0 radical (unpaired) electrons. The lowest BCUT2D eigenvalue weighted by Crippen LogP contribution is -2.09. The number of nitrogens with zero attached hydrogens (tertiary/aromatic N) is 2. The van der Waals surface area contributed by atoms with E-state index in [-0.39, 0.29) is 0 Å². The van der Waals surface area contributed by atoms with Crippen molar-refractivity contribution in [2.24, 2.45) is 5.73 Å². The first kappa shape index (κ1) is 10.2. The Morgan fingerprint density at radius 3 is 3.07 bits per heavy atom. The van der Waals surface area contributed by atoms with Gasteiger partial charge in [-0.3, -0.25) is 4.68 Å². The van der Waals surface area contributed by atoms with E-state index < -0.39 is 0 Å². The van der Waals surface area contributed by atoms with Crippen molar-refractivity contribution in [2.75, 3.05) is 6.54 Å². The summed E-state index contributed by atoms with van der Waals surface area (Å²) in [6.07, 6.45) is 3.55. The number of ether oxygens (including phenoxy) is 1. The van der Waals surface area contributed by atoms with Crippen LogP contribution in [0.2, 0.25) is 0 Å². The highest BCUT2D eigenvalue weighted by molar-refractivity contribution is 7.13. The van der Waals surface area contributed by atoms with Crippen molar-refractivity contribution in [3.05, 3.63) is 29.4 Å². The molecule has 0 fully saturated rings. The predicted octanol–water partition coefficient (Wildman–Crippen LogP) is 2.00. The van der Waals surface area contributed by atoms with Crippen LogP contribution in [0.5, 0.6) is 10.8 Å². The zero-order valence-corrected chi connectivity index (χ0v) is 9.33. The lowest BCUT2D eigenvalue weighted by Gasteiger charge is -1.97. The Morgan fingerprint density at radius 2 is 2.40 bits per heavy atom. The highest BCUT2D eigenvalue weighted by Crippen LogP contribution is 2.28. The molecule has 0 spiro atoms. The van der Waals surface area contributed by atoms with Crippen molar-refractivity contribution in [1.29, 1.82) is 0 Å². The molecular formula is C10H13N3OS. The van der Waals surface area contributed by atoms with Crippen molar-refractivity contribution >= 4 is 11.3 Å². The number of aromatic nitrogens is 2. The molecule has 2 aromatic rings. The molecule has 2 N–H and O–H groups in total. The SMILES string of the molecule is Cc1ccc(Oc2cnn(CCN)c2)s1. The van der Waals surface area contributed by atoms with E-state index in [1.165, 1.54) is 4.88 Å². The summed E-state index contributed by atoms with van der Waals surface area (Å²) in [4.78, 5) is 1.24. The molecule has 0 aliphatic carbocycles. The summed E-state index contributed by atoms with van der Waals surface area (Å²) in [5.41, 5.74) is 5.43. The van der Waals surface area contributed by atoms with E-state index in [4.69, 9.17) is 10.5 Å². The second kappa shape index (κ2) is 4.46. The topological polar surface area (TPSA) is 53.1 Å². The fourth-order valence-electron chi connectivity index (χ4n) is 1.23. The first-order valence-corrected chi connectivity index (χ1v) is 5.56. The fraction of sp³-hybridized carbons (Fsp3) is 0.300. The average molecular weight is 223 g/mol. The van der Waals surface area contributed by atoms with Crippen molar-refractivity contribution in [1.82, 2.24) is 9.78 Å². The molecule has 0 atom stereocenters. The Balaban J connectivity index is 2.04. The number of rotatable bonds is 4. The molecule has 2 rings (SSSR count). The summed E-state index contributed by atoms with van der Waals surface area (Å²) in [7, 11) is 0. The van der Waals surface area contributed by atoms with E-state index >= 15 is 0 Å². The van der Waals surface area contributed by atoms with Crippen LogP contribution < -0.4 is 10.5 Å². The minimum Gasteiger partial charge on any atom is -0.443 e. The second-order valence-electron chi connectivity index (χ2n) is 3.19. The maximum atomic E-state index is 5.62. The second-order valence-corrected chi connectivity index (χ2v) is 4.45. The third-order valence-electron chi connectivity index (χ3n) is 1.90. The van der Waals surface area contributed by atoms with Gasteiger partial charge in [0.15, 0.2) is 10.8 Å². The van der Waals surface area contributed by atoms with Gasteiger partial charge in [0.2, 0.25) is 0 Å². The maximum Gasteiger partial charge on any atom is 0.181 e. The van der Waals surface area contributed by atoms with Gasteiger partial charge in [-0.05, 0) is 19.1 Å². The van der Waals surface area contributed by atoms with Crippen LogP contribution in [-0.4, -0.2) is 16.3 Å². The van der Waals surface area contributed by atoms with Crippen LogP contribution in [0, 0.1) is 6.92 Å². The number of aryl methyl sites for hydroxylation is 1. The molecule has 80 valence electrons. The Kier molecular flexibility index (Phi) is 3.03. The van der Waals surface area contributed by atoms with Crippen LogP contribution >= 0.6 is 11.3 Å². The highest BCUT2D eigenvalue weighted by atomic mass is 32.1. The molecule has 0 aromatic carbocycles. The van der Waals surface area contributed by atoms with E-state index in [0.29, 0.717) is 13.1 Å². The first-order chi connectivity index (χ1) is 7.28. The number of hydrogen-bond donors (Lipinski definition) is 1. The summed E-state index contributed by atoms with van der Waals surface area (Å²) in [6.45, 7) is 3.35. The van der Waals surface area contributed by atoms with E-state index in [2.05, 4.69) is 12.0 Å². The lowest BCUT2D eigenvalue weighted by atomic mass is 10.5. The van der Waals surface area contributed by atoms with E-state index in [9.17, 15) is 0 Å². The molecule has 0 saturated heterocycles. The van der Waals surface area contributed by atoms with E-state index in [0.717, 1.165) is 10.8 Å². The van der Waals surface area contributed by atoms with Crippen LogP contribution in [0.1, 0.15) is 4.88 Å². The molecule has 15 heavy (non-hydrogen) atoms. The van der Waals surface area contributed by atoms with Crippen LogP contribution in [0.4, 0.5) is 0 Å². The van der Waals surface area contributed by atoms with Gasteiger partial charge in [-0.1, -0.05) is 0 Å². The lowest BCUT2D eigenvalue weighted by molar-refractivity contribution is 0.494. The normalized spacial score (nSPS) is 10.5. The van der Waals surface area contributed by atoms with Crippen molar-refractivity contribution < 1.29 is 4.74 Å². The summed E-state index contributed by atoms with van der Waals surface area (Å²) >= 11 is 1.62. The Hall–Kier alpha value is -1.33. The number of nitrogens with two attached hydrogens (primary N) is 1. The molecule has 2 aromatic heterocycles. The number of hydrogen-bond acceptors (Lipinski definition) is 4. The first-order valence-electron chi connectivity index (χ1n) is 4.75. The molecule has 0 saturated carbocycles. The third kappa shape index (κ3) is 2.57. The van der Waals surface area contributed by atoms with Crippen molar-refractivity contribution in [3.8, 4) is 10.8 Å². The molecule has 2 heterocycles.